The van der Waals surface area contributed by atoms with Crippen molar-refractivity contribution in [3.05, 3.63) is 0 Å². The Kier molecular flexibility index (Phi) is 4.90. The fourth-order valence-corrected chi connectivity index (χ4v) is 1.06. The highest BCUT2D eigenvalue weighted by Gasteiger charge is 2.13. The predicted molar refractivity (Wildman–Crippen MR) is 51.0 cm³/mol. The van der Waals surface area contributed by atoms with Crippen molar-refractivity contribution in [3.63, 3.8) is 0 Å². The smallest absolute Gasteiger partial charge is 0.224 e. The first-order chi connectivity index (χ1) is 5.43. The van der Waals surface area contributed by atoms with Gasteiger partial charge in [0.2, 0.25) is 5.91 Å². The zero-order chi connectivity index (χ0) is 9.72. The molecule has 0 saturated carbocycles. The molecule has 1 N–H and O–H groups in total. The second kappa shape index (κ2) is 5.14. The van der Waals surface area contributed by atoms with Crippen LogP contribution in [0, 0.1) is 5.92 Å². The average Bonchev–Trinajstić information content (AvgIpc) is 1.84. The molecule has 0 aliphatic carbocycles. The van der Waals surface area contributed by atoms with Crippen molar-refractivity contribution in [1.82, 2.24) is 10.2 Å². The van der Waals surface area contributed by atoms with E-state index in [1.807, 2.05) is 39.8 Å². The molecular formula is C9H20N2O. The van der Waals surface area contributed by atoms with Gasteiger partial charge in [-0.3, -0.25) is 4.79 Å². The van der Waals surface area contributed by atoms with Gasteiger partial charge in [-0.25, -0.2) is 0 Å². The van der Waals surface area contributed by atoms with E-state index in [1.165, 1.54) is 0 Å². The van der Waals surface area contributed by atoms with Gasteiger partial charge in [-0.05, 0) is 27.9 Å². The van der Waals surface area contributed by atoms with Gasteiger partial charge in [0.15, 0.2) is 0 Å². The minimum atomic E-state index is 0.0717. The number of hydrogen-bond acceptors (Lipinski definition) is 2. The summed E-state index contributed by atoms with van der Waals surface area (Å²) in [7, 11) is 3.94. The molecule has 0 aromatic rings. The zero-order valence-electron chi connectivity index (χ0n) is 8.72. The lowest BCUT2D eigenvalue weighted by Crippen LogP contribution is -2.38. The van der Waals surface area contributed by atoms with Gasteiger partial charge >= 0.3 is 0 Å². The lowest BCUT2D eigenvalue weighted by Gasteiger charge is -2.17. The summed E-state index contributed by atoms with van der Waals surface area (Å²) in [6.07, 6.45) is 0. The minimum absolute atomic E-state index is 0.0717. The molecule has 1 amide bonds. The Hall–Kier alpha value is -0.570. The normalized spacial score (nSPS) is 13.6. The molecule has 0 saturated heterocycles. The fraction of sp³-hybridized carbons (Fsp3) is 0.889. The van der Waals surface area contributed by atoms with Crippen LogP contribution in [0.1, 0.15) is 20.8 Å². The lowest BCUT2D eigenvalue weighted by atomic mass is 10.1. The van der Waals surface area contributed by atoms with Gasteiger partial charge in [0, 0.05) is 18.5 Å². The molecule has 0 heterocycles. The number of carbonyl (C=O) groups is 1. The lowest BCUT2D eigenvalue weighted by molar-refractivity contribution is -0.125. The van der Waals surface area contributed by atoms with Crippen LogP contribution in [-0.2, 0) is 4.79 Å². The maximum Gasteiger partial charge on any atom is 0.224 e. The van der Waals surface area contributed by atoms with Crippen LogP contribution in [-0.4, -0.2) is 37.5 Å². The molecule has 3 heteroatoms. The first-order valence-corrected chi connectivity index (χ1v) is 4.38. The predicted octanol–water partition coefficient (Wildman–Crippen LogP) is 0.709. The molecule has 0 aliphatic heterocycles. The third kappa shape index (κ3) is 5.13. The van der Waals surface area contributed by atoms with Crippen LogP contribution < -0.4 is 5.32 Å². The quantitative estimate of drug-likeness (QED) is 0.677. The number of hydrogen-bond donors (Lipinski definition) is 1. The molecule has 0 radical (unpaired) electrons. The SMILES string of the molecule is CC(C)NC(=O)C(C)CN(C)C. The van der Waals surface area contributed by atoms with Gasteiger partial charge in [0.05, 0.1) is 0 Å². The van der Waals surface area contributed by atoms with Crippen molar-refractivity contribution in [3.8, 4) is 0 Å². The third-order valence-electron chi connectivity index (χ3n) is 1.52. The Bertz CT molecular complexity index is 143. The van der Waals surface area contributed by atoms with Crippen molar-refractivity contribution >= 4 is 5.91 Å². The largest absolute Gasteiger partial charge is 0.354 e. The van der Waals surface area contributed by atoms with E-state index in [0.717, 1.165) is 6.54 Å². The first-order valence-electron chi connectivity index (χ1n) is 4.38. The standard InChI is InChI=1S/C9H20N2O/c1-7(2)10-9(12)8(3)6-11(4)5/h7-8H,6H2,1-5H3,(H,10,12). The Morgan fingerprint density at radius 3 is 2.17 bits per heavy atom. The molecule has 1 atom stereocenters. The van der Waals surface area contributed by atoms with E-state index >= 15 is 0 Å². The van der Waals surface area contributed by atoms with Crippen molar-refractivity contribution in [2.24, 2.45) is 5.92 Å². The Labute approximate surface area is 75.1 Å². The van der Waals surface area contributed by atoms with E-state index in [2.05, 4.69) is 5.32 Å². The Morgan fingerprint density at radius 2 is 1.83 bits per heavy atom. The number of nitrogens with one attached hydrogen (secondary N) is 1. The van der Waals surface area contributed by atoms with Crippen molar-refractivity contribution < 1.29 is 4.79 Å². The molecule has 0 fully saturated rings. The summed E-state index contributed by atoms with van der Waals surface area (Å²) in [6.45, 7) is 6.69. The maximum absolute atomic E-state index is 11.4. The number of amides is 1. The van der Waals surface area contributed by atoms with Gasteiger partial charge in [-0.15, -0.1) is 0 Å². The van der Waals surface area contributed by atoms with E-state index in [1.54, 1.807) is 0 Å². The topological polar surface area (TPSA) is 32.3 Å². The summed E-state index contributed by atoms with van der Waals surface area (Å²) in [5.41, 5.74) is 0. The third-order valence-corrected chi connectivity index (χ3v) is 1.52. The molecule has 72 valence electrons. The number of rotatable bonds is 4. The minimum Gasteiger partial charge on any atom is -0.354 e. The van der Waals surface area contributed by atoms with Crippen molar-refractivity contribution in [1.29, 1.82) is 0 Å². The van der Waals surface area contributed by atoms with Crippen molar-refractivity contribution in [2.45, 2.75) is 26.8 Å². The highest BCUT2D eigenvalue weighted by atomic mass is 16.1. The zero-order valence-corrected chi connectivity index (χ0v) is 8.72. The molecule has 0 bridgehead atoms. The second-order valence-electron chi connectivity index (χ2n) is 3.83. The Balaban J connectivity index is 3.77. The van der Waals surface area contributed by atoms with Crippen LogP contribution >= 0.6 is 0 Å². The van der Waals surface area contributed by atoms with Gasteiger partial charge in [0.25, 0.3) is 0 Å². The molecule has 12 heavy (non-hydrogen) atoms. The average molecular weight is 172 g/mol. The highest BCUT2D eigenvalue weighted by Crippen LogP contribution is 1.96. The van der Waals surface area contributed by atoms with E-state index in [9.17, 15) is 4.79 Å². The van der Waals surface area contributed by atoms with Gasteiger partial charge in [-0.1, -0.05) is 6.92 Å². The van der Waals surface area contributed by atoms with Crippen LogP contribution in [0.15, 0.2) is 0 Å². The van der Waals surface area contributed by atoms with E-state index in [-0.39, 0.29) is 17.9 Å². The van der Waals surface area contributed by atoms with Crippen LogP contribution in [0.4, 0.5) is 0 Å². The van der Waals surface area contributed by atoms with E-state index in [4.69, 9.17) is 0 Å². The first kappa shape index (κ1) is 11.4. The molecule has 0 aromatic heterocycles. The summed E-state index contributed by atoms with van der Waals surface area (Å²) < 4.78 is 0. The van der Waals surface area contributed by atoms with Crippen LogP contribution in [0.2, 0.25) is 0 Å². The highest BCUT2D eigenvalue weighted by molar-refractivity contribution is 5.78. The summed E-state index contributed by atoms with van der Waals surface area (Å²) in [6, 6.07) is 0.238. The summed E-state index contributed by atoms with van der Waals surface area (Å²) in [4.78, 5) is 13.4. The van der Waals surface area contributed by atoms with E-state index in [0.29, 0.717) is 0 Å². The fourth-order valence-electron chi connectivity index (χ4n) is 1.06. The van der Waals surface area contributed by atoms with Gasteiger partial charge in [0.1, 0.15) is 0 Å². The van der Waals surface area contributed by atoms with Gasteiger partial charge in [-0.2, -0.15) is 0 Å². The molecule has 0 aliphatic rings. The molecule has 1 unspecified atom stereocenters. The molecule has 0 aromatic carbocycles. The number of carbonyl (C=O) groups excluding carboxylic acids is 1. The molecular weight excluding hydrogens is 152 g/mol. The molecule has 3 nitrogen and oxygen atoms in total. The van der Waals surface area contributed by atoms with Crippen LogP contribution in [0.25, 0.3) is 0 Å². The van der Waals surface area contributed by atoms with Crippen molar-refractivity contribution in [2.75, 3.05) is 20.6 Å². The molecule has 0 spiro atoms. The Morgan fingerprint density at radius 1 is 1.33 bits per heavy atom. The van der Waals surface area contributed by atoms with Crippen LogP contribution in [0.3, 0.4) is 0 Å². The summed E-state index contributed by atoms with van der Waals surface area (Å²) in [5.74, 6) is 0.209. The summed E-state index contributed by atoms with van der Waals surface area (Å²) >= 11 is 0. The van der Waals surface area contributed by atoms with Gasteiger partial charge < -0.3 is 10.2 Å². The maximum atomic E-state index is 11.4. The van der Waals surface area contributed by atoms with Crippen LogP contribution in [0.5, 0.6) is 0 Å². The van der Waals surface area contributed by atoms with E-state index < -0.39 is 0 Å². The summed E-state index contributed by atoms with van der Waals surface area (Å²) in [5, 5.41) is 2.88. The monoisotopic (exact) mass is 172 g/mol. The molecule has 0 rings (SSSR count). The second-order valence-corrected chi connectivity index (χ2v) is 3.83. The number of nitrogens with zero attached hydrogens (tertiary/aromatic N) is 1.